The van der Waals surface area contributed by atoms with Gasteiger partial charge in [0.15, 0.2) is 0 Å². The van der Waals surface area contributed by atoms with Crippen molar-refractivity contribution in [3.63, 3.8) is 0 Å². The van der Waals surface area contributed by atoms with Crippen molar-refractivity contribution >= 4 is 0 Å². The van der Waals surface area contributed by atoms with E-state index in [1.807, 2.05) is 6.07 Å². The van der Waals surface area contributed by atoms with Gasteiger partial charge in [0, 0.05) is 18.7 Å². The quantitative estimate of drug-likeness (QED) is 0.930. The zero-order valence-electron chi connectivity index (χ0n) is 11.7. The highest BCUT2D eigenvalue weighted by Crippen LogP contribution is 2.29. The normalized spacial score (nSPS) is 18.8. The lowest BCUT2D eigenvalue weighted by Gasteiger charge is -2.35. The second-order valence-corrected chi connectivity index (χ2v) is 5.23. The molecule has 104 valence electrons. The number of hydrogen-bond donors (Lipinski definition) is 1. The van der Waals surface area contributed by atoms with Crippen LogP contribution >= 0.6 is 0 Å². The maximum absolute atomic E-state index is 11.9. The van der Waals surface area contributed by atoms with E-state index in [1.165, 1.54) is 11.9 Å². The summed E-state index contributed by atoms with van der Waals surface area (Å²) in [6, 6.07) is 10.7. The number of aromatic amines is 1. The first-order valence-corrected chi connectivity index (χ1v) is 7.14. The predicted molar refractivity (Wildman–Crippen MR) is 78.4 cm³/mol. The molecule has 0 spiro atoms. The average Bonchev–Trinajstić information content (AvgIpc) is 2.48. The van der Waals surface area contributed by atoms with Gasteiger partial charge in [-0.25, -0.2) is 4.98 Å². The molecule has 0 aliphatic carbocycles. The molecule has 0 amide bonds. The van der Waals surface area contributed by atoms with E-state index in [2.05, 4.69) is 46.1 Å². The minimum Gasteiger partial charge on any atom is -0.313 e. The molecular formula is C16H19N3O. The fourth-order valence-electron chi connectivity index (χ4n) is 3.01. The predicted octanol–water partition coefficient (Wildman–Crippen LogP) is 2.28. The summed E-state index contributed by atoms with van der Waals surface area (Å²) >= 11 is 0. The lowest BCUT2D eigenvalue weighted by molar-refractivity contribution is 0.166. The number of fused-ring (bicyclic) bond motifs is 1. The summed E-state index contributed by atoms with van der Waals surface area (Å²) < 4.78 is 0. The van der Waals surface area contributed by atoms with Gasteiger partial charge in [-0.2, -0.15) is 0 Å². The molecule has 1 aromatic heterocycles. The van der Waals surface area contributed by atoms with Crippen molar-refractivity contribution in [2.24, 2.45) is 0 Å². The number of hydrogen-bond acceptors (Lipinski definition) is 3. The number of H-pyrrole nitrogens is 1. The summed E-state index contributed by atoms with van der Waals surface area (Å²) in [5.41, 5.74) is 3.15. The molecule has 1 aliphatic heterocycles. The van der Waals surface area contributed by atoms with Gasteiger partial charge >= 0.3 is 0 Å². The first-order valence-electron chi connectivity index (χ1n) is 7.14. The van der Waals surface area contributed by atoms with Crippen LogP contribution in [0.2, 0.25) is 0 Å². The molecule has 3 rings (SSSR count). The highest BCUT2D eigenvalue weighted by Gasteiger charge is 2.28. The average molecular weight is 269 g/mol. The number of benzene rings is 1. The molecule has 0 bridgehead atoms. The summed E-state index contributed by atoms with van der Waals surface area (Å²) in [7, 11) is 0. The van der Waals surface area contributed by atoms with Gasteiger partial charge in [0.1, 0.15) is 0 Å². The van der Waals surface area contributed by atoms with Crippen molar-refractivity contribution in [3.8, 4) is 0 Å². The third-order valence-electron chi connectivity index (χ3n) is 4.00. The summed E-state index contributed by atoms with van der Waals surface area (Å²) in [6.45, 7) is 3.98. The summed E-state index contributed by atoms with van der Waals surface area (Å²) in [4.78, 5) is 21.4. The van der Waals surface area contributed by atoms with Gasteiger partial charge in [-0.15, -0.1) is 0 Å². The maximum atomic E-state index is 11.9. The molecule has 4 heteroatoms. The van der Waals surface area contributed by atoms with Crippen LogP contribution in [0.15, 0.2) is 41.5 Å². The Labute approximate surface area is 118 Å². The molecule has 4 nitrogen and oxygen atoms in total. The first kappa shape index (κ1) is 13.1. The molecule has 1 aromatic carbocycles. The van der Waals surface area contributed by atoms with E-state index in [4.69, 9.17) is 0 Å². The summed E-state index contributed by atoms with van der Waals surface area (Å²) in [5.74, 6) is 0. The number of aromatic nitrogens is 2. The van der Waals surface area contributed by atoms with Crippen LogP contribution in [0, 0.1) is 0 Å². The van der Waals surface area contributed by atoms with Gasteiger partial charge in [-0.05, 0) is 18.4 Å². The third kappa shape index (κ3) is 2.39. The highest BCUT2D eigenvalue weighted by atomic mass is 16.1. The number of rotatable bonds is 3. The zero-order valence-corrected chi connectivity index (χ0v) is 11.7. The van der Waals surface area contributed by atoms with E-state index in [1.54, 1.807) is 0 Å². The van der Waals surface area contributed by atoms with Crippen molar-refractivity contribution in [3.05, 3.63) is 63.8 Å². The van der Waals surface area contributed by atoms with E-state index in [-0.39, 0.29) is 11.6 Å². The smallest absolute Gasteiger partial charge is 0.254 e. The van der Waals surface area contributed by atoms with E-state index >= 15 is 0 Å². The molecule has 2 aromatic rings. The zero-order chi connectivity index (χ0) is 13.9. The van der Waals surface area contributed by atoms with E-state index in [9.17, 15) is 4.79 Å². The van der Waals surface area contributed by atoms with Crippen LogP contribution < -0.4 is 5.56 Å². The lowest BCUT2D eigenvalue weighted by Crippen LogP contribution is -2.38. The van der Waals surface area contributed by atoms with Crippen LogP contribution in [0.4, 0.5) is 0 Å². The lowest BCUT2D eigenvalue weighted by atomic mass is 9.96. The Bertz CT molecular complexity index is 636. The summed E-state index contributed by atoms with van der Waals surface area (Å²) in [5, 5.41) is 0. The molecule has 1 aliphatic rings. The van der Waals surface area contributed by atoms with E-state index < -0.39 is 0 Å². The Hall–Kier alpha value is -1.94. The van der Waals surface area contributed by atoms with Gasteiger partial charge in [-0.1, -0.05) is 37.3 Å². The van der Waals surface area contributed by atoms with Crippen molar-refractivity contribution in [1.82, 2.24) is 14.9 Å². The van der Waals surface area contributed by atoms with Crippen LogP contribution in [-0.4, -0.2) is 21.4 Å². The molecule has 0 saturated carbocycles. The van der Waals surface area contributed by atoms with Gasteiger partial charge < -0.3 is 4.98 Å². The minimum absolute atomic E-state index is 0.0211. The van der Waals surface area contributed by atoms with Gasteiger partial charge in [0.05, 0.1) is 18.1 Å². The SMILES string of the molecule is CCC1c2nc[nH]c(=O)c2CCN1Cc1ccccc1. The Morgan fingerprint density at radius 2 is 2.15 bits per heavy atom. The second kappa shape index (κ2) is 5.59. The molecule has 0 saturated heterocycles. The third-order valence-corrected chi connectivity index (χ3v) is 4.00. The molecular weight excluding hydrogens is 250 g/mol. The fourth-order valence-corrected chi connectivity index (χ4v) is 3.01. The van der Waals surface area contributed by atoms with E-state index in [0.717, 1.165) is 37.2 Å². The Kier molecular flexibility index (Phi) is 3.65. The topological polar surface area (TPSA) is 49.0 Å². The van der Waals surface area contributed by atoms with E-state index in [0.29, 0.717) is 0 Å². The minimum atomic E-state index is 0.0211. The van der Waals surface area contributed by atoms with Gasteiger partial charge in [0.2, 0.25) is 0 Å². The van der Waals surface area contributed by atoms with Crippen molar-refractivity contribution in [1.29, 1.82) is 0 Å². The molecule has 20 heavy (non-hydrogen) atoms. The molecule has 1 unspecified atom stereocenters. The van der Waals surface area contributed by atoms with Crippen LogP contribution in [0.1, 0.15) is 36.2 Å². The fraction of sp³-hybridized carbons (Fsp3) is 0.375. The monoisotopic (exact) mass is 269 g/mol. The van der Waals surface area contributed by atoms with Gasteiger partial charge in [-0.3, -0.25) is 9.69 Å². The number of nitrogens with zero attached hydrogens (tertiary/aromatic N) is 2. The van der Waals surface area contributed by atoms with Crippen molar-refractivity contribution in [2.75, 3.05) is 6.54 Å². The Morgan fingerprint density at radius 3 is 2.90 bits per heavy atom. The van der Waals surface area contributed by atoms with Crippen LogP contribution in [-0.2, 0) is 13.0 Å². The molecule has 0 fully saturated rings. The first-order chi connectivity index (χ1) is 9.79. The molecule has 1 atom stereocenters. The van der Waals surface area contributed by atoms with Crippen LogP contribution in [0.5, 0.6) is 0 Å². The molecule has 1 N–H and O–H groups in total. The molecule has 2 heterocycles. The highest BCUT2D eigenvalue weighted by molar-refractivity contribution is 5.24. The molecule has 0 radical (unpaired) electrons. The second-order valence-electron chi connectivity index (χ2n) is 5.23. The van der Waals surface area contributed by atoms with Crippen molar-refractivity contribution < 1.29 is 0 Å². The van der Waals surface area contributed by atoms with Crippen LogP contribution in [0.3, 0.4) is 0 Å². The van der Waals surface area contributed by atoms with Crippen molar-refractivity contribution in [2.45, 2.75) is 32.4 Å². The Morgan fingerprint density at radius 1 is 1.35 bits per heavy atom. The maximum Gasteiger partial charge on any atom is 0.254 e. The standard InChI is InChI=1S/C16H19N3O/c1-2-14-15-13(16(20)18-11-17-15)8-9-19(14)10-12-6-4-3-5-7-12/h3-7,11,14H,2,8-10H2,1H3,(H,17,18,20). The summed E-state index contributed by atoms with van der Waals surface area (Å²) in [6.07, 6.45) is 3.27. The Balaban J connectivity index is 1.90. The van der Waals surface area contributed by atoms with Crippen LogP contribution in [0.25, 0.3) is 0 Å². The van der Waals surface area contributed by atoms with Gasteiger partial charge in [0.25, 0.3) is 5.56 Å². The number of nitrogens with one attached hydrogen (secondary N) is 1. The largest absolute Gasteiger partial charge is 0.313 e.